The molecule has 0 aromatic carbocycles. The summed E-state index contributed by atoms with van der Waals surface area (Å²) in [5, 5.41) is 0. The summed E-state index contributed by atoms with van der Waals surface area (Å²) in [6.45, 7) is 2.06. The first kappa shape index (κ1) is 13.6. The van der Waals surface area contributed by atoms with Gasteiger partial charge in [0.2, 0.25) is 0 Å². The molecule has 2 atom stereocenters. The molecule has 2 N–H and O–H groups in total. The molecule has 2 unspecified atom stereocenters. The highest BCUT2D eigenvalue weighted by atomic mass is 16.5. The summed E-state index contributed by atoms with van der Waals surface area (Å²) < 4.78 is 7.20. The van der Waals surface area contributed by atoms with Crippen LogP contribution in [0.5, 0.6) is 0 Å². The van der Waals surface area contributed by atoms with Crippen LogP contribution in [-0.4, -0.2) is 28.2 Å². The van der Waals surface area contributed by atoms with Crippen molar-refractivity contribution >= 4 is 5.97 Å². The van der Waals surface area contributed by atoms with Crippen molar-refractivity contribution in [3.8, 4) is 0 Å². The molecule has 0 saturated heterocycles. The molecule has 3 rings (SSSR count). The second-order valence-electron chi connectivity index (χ2n) is 6.17. The topological polar surface area (TPSA) is 70.1 Å². The van der Waals surface area contributed by atoms with Gasteiger partial charge in [-0.2, -0.15) is 0 Å². The van der Waals surface area contributed by atoms with Gasteiger partial charge in [-0.25, -0.2) is 4.98 Å². The smallest absolute Gasteiger partial charge is 0.325 e. The average molecular weight is 277 g/mol. The van der Waals surface area contributed by atoms with Crippen molar-refractivity contribution in [1.29, 1.82) is 0 Å². The van der Waals surface area contributed by atoms with Gasteiger partial charge >= 0.3 is 5.97 Å². The van der Waals surface area contributed by atoms with E-state index in [1.807, 2.05) is 0 Å². The molecule has 0 bridgehead atoms. The zero-order valence-corrected chi connectivity index (χ0v) is 12.3. The fourth-order valence-corrected chi connectivity index (χ4v) is 3.84. The van der Waals surface area contributed by atoms with Crippen molar-refractivity contribution < 1.29 is 9.53 Å². The first-order valence-corrected chi connectivity index (χ1v) is 7.49. The fourth-order valence-electron chi connectivity index (χ4n) is 3.84. The summed E-state index contributed by atoms with van der Waals surface area (Å²) in [5.74, 6) is 0.780. The minimum absolute atomic E-state index is 0.286. The lowest BCUT2D eigenvalue weighted by atomic mass is 9.98. The van der Waals surface area contributed by atoms with Crippen LogP contribution in [-0.2, 0) is 22.4 Å². The number of esters is 1. The molecule has 110 valence electrons. The van der Waals surface area contributed by atoms with Gasteiger partial charge < -0.3 is 15.0 Å². The zero-order chi connectivity index (χ0) is 14.3. The zero-order valence-electron chi connectivity index (χ0n) is 12.3. The molecule has 2 aliphatic rings. The Morgan fingerprint density at radius 2 is 2.20 bits per heavy atom. The second-order valence-corrected chi connectivity index (χ2v) is 6.17. The molecule has 1 aromatic heterocycles. The SMILES string of the molecule is COC(=O)C1(N)CCC(n2c(C)nc3c2CCCC3)C1. The monoisotopic (exact) mass is 277 g/mol. The number of hydrogen-bond donors (Lipinski definition) is 1. The van der Waals surface area contributed by atoms with Crippen molar-refractivity contribution in [2.45, 2.75) is 63.5 Å². The average Bonchev–Trinajstić information content (AvgIpc) is 2.98. The van der Waals surface area contributed by atoms with Gasteiger partial charge in [0.25, 0.3) is 0 Å². The number of aromatic nitrogens is 2. The molecule has 5 nitrogen and oxygen atoms in total. The maximum absolute atomic E-state index is 11.9. The minimum atomic E-state index is -0.822. The summed E-state index contributed by atoms with van der Waals surface area (Å²) in [7, 11) is 1.41. The molecule has 0 radical (unpaired) electrons. The van der Waals surface area contributed by atoms with Crippen LogP contribution in [0.25, 0.3) is 0 Å². The largest absolute Gasteiger partial charge is 0.468 e. The maximum atomic E-state index is 11.9. The molecule has 1 fully saturated rings. The number of nitrogens with zero attached hydrogens (tertiary/aromatic N) is 2. The number of carbonyl (C=O) groups excluding carboxylic acids is 1. The van der Waals surface area contributed by atoms with Gasteiger partial charge in [0.1, 0.15) is 11.4 Å². The van der Waals surface area contributed by atoms with E-state index in [-0.39, 0.29) is 12.0 Å². The number of rotatable bonds is 2. The lowest BCUT2D eigenvalue weighted by molar-refractivity contribution is -0.146. The predicted molar refractivity (Wildman–Crippen MR) is 75.4 cm³/mol. The molecule has 0 amide bonds. The number of fused-ring (bicyclic) bond motifs is 1. The molecule has 1 aromatic rings. The van der Waals surface area contributed by atoms with Gasteiger partial charge in [-0.3, -0.25) is 4.79 Å². The number of imidazole rings is 1. The maximum Gasteiger partial charge on any atom is 0.325 e. The van der Waals surface area contributed by atoms with Crippen LogP contribution in [0.15, 0.2) is 0 Å². The first-order valence-electron chi connectivity index (χ1n) is 7.49. The molecular weight excluding hydrogens is 254 g/mol. The fraction of sp³-hybridized carbons (Fsp3) is 0.733. The summed E-state index contributed by atoms with van der Waals surface area (Å²) >= 11 is 0. The van der Waals surface area contributed by atoms with Gasteiger partial charge in [0, 0.05) is 11.7 Å². The van der Waals surface area contributed by atoms with E-state index in [9.17, 15) is 4.79 Å². The molecule has 1 heterocycles. The molecular formula is C15H23N3O2. The highest BCUT2D eigenvalue weighted by molar-refractivity contribution is 5.80. The predicted octanol–water partition coefficient (Wildman–Crippen LogP) is 1.67. The normalized spacial score (nSPS) is 29.2. The Bertz CT molecular complexity index is 537. The van der Waals surface area contributed by atoms with Crippen LogP contribution in [0.2, 0.25) is 0 Å². The van der Waals surface area contributed by atoms with E-state index in [0.717, 1.165) is 25.1 Å². The van der Waals surface area contributed by atoms with Crippen molar-refractivity contribution in [1.82, 2.24) is 9.55 Å². The van der Waals surface area contributed by atoms with Crippen molar-refractivity contribution in [3.63, 3.8) is 0 Å². The summed E-state index contributed by atoms with van der Waals surface area (Å²) in [5.41, 5.74) is 8.03. The van der Waals surface area contributed by atoms with Crippen molar-refractivity contribution in [2.75, 3.05) is 7.11 Å². The van der Waals surface area contributed by atoms with Crippen LogP contribution in [0.4, 0.5) is 0 Å². The van der Waals surface area contributed by atoms with Crippen LogP contribution in [0, 0.1) is 6.92 Å². The van der Waals surface area contributed by atoms with E-state index in [0.29, 0.717) is 12.8 Å². The molecule has 0 spiro atoms. The lowest BCUT2D eigenvalue weighted by Gasteiger charge is -2.23. The Hall–Kier alpha value is -1.36. The minimum Gasteiger partial charge on any atom is -0.468 e. The summed E-state index contributed by atoms with van der Waals surface area (Å²) in [6.07, 6.45) is 6.92. The quantitative estimate of drug-likeness (QED) is 0.835. The highest BCUT2D eigenvalue weighted by Gasteiger charge is 2.44. The summed E-state index contributed by atoms with van der Waals surface area (Å²) in [4.78, 5) is 16.6. The van der Waals surface area contributed by atoms with Gasteiger partial charge in [0.05, 0.1) is 12.8 Å². The van der Waals surface area contributed by atoms with Gasteiger partial charge in [-0.1, -0.05) is 0 Å². The van der Waals surface area contributed by atoms with Gasteiger partial charge in [-0.15, -0.1) is 0 Å². The molecule has 5 heteroatoms. The molecule has 1 saturated carbocycles. The Morgan fingerprint density at radius 3 is 2.95 bits per heavy atom. The van der Waals surface area contributed by atoms with Gasteiger partial charge in [0.15, 0.2) is 0 Å². The van der Waals surface area contributed by atoms with Gasteiger partial charge in [-0.05, 0) is 51.9 Å². The van der Waals surface area contributed by atoms with E-state index in [4.69, 9.17) is 15.5 Å². The highest BCUT2D eigenvalue weighted by Crippen LogP contribution is 2.39. The van der Waals surface area contributed by atoms with E-state index in [1.54, 1.807) is 0 Å². The van der Waals surface area contributed by atoms with Crippen LogP contribution in [0.3, 0.4) is 0 Å². The van der Waals surface area contributed by atoms with Crippen molar-refractivity contribution in [2.24, 2.45) is 5.73 Å². The Labute approximate surface area is 119 Å². The van der Waals surface area contributed by atoms with E-state index in [1.165, 1.54) is 31.3 Å². The van der Waals surface area contributed by atoms with E-state index < -0.39 is 5.54 Å². The number of carbonyl (C=O) groups is 1. The standard InChI is InChI=1S/C15H23N3O2/c1-10-17-12-5-3-4-6-13(12)18(10)11-7-8-15(16,9-11)14(19)20-2/h11H,3-9,16H2,1-2H3. The van der Waals surface area contributed by atoms with Crippen molar-refractivity contribution in [3.05, 3.63) is 17.2 Å². The Kier molecular flexibility index (Phi) is 3.32. The first-order chi connectivity index (χ1) is 9.55. The van der Waals surface area contributed by atoms with Crippen LogP contribution >= 0.6 is 0 Å². The summed E-state index contributed by atoms with van der Waals surface area (Å²) in [6, 6.07) is 0.286. The molecule has 2 aliphatic carbocycles. The van der Waals surface area contributed by atoms with Crippen LogP contribution in [0.1, 0.15) is 55.4 Å². The van der Waals surface area contributed by atoms with E-state index >= 15 is 0 Å². The van der Waals surface area contributed by atoms with E-state index in [2.05, 4.69) is 11.5 Å². The van der Waals surface area contributed by atoms with Crippen LogP contribution < -0.4 is 5.73 Å². The number of methoxy groups -OCH3 is 1. The number of aryl methyl sites for hydroxylation is 2. The third-order valence-electron chi connectivity index (χ3n) is 4.83. The lowest BCUT2D eigenvalue weighted by Crippen LogP contribution is -2.46. The second kappa shape index (κ2) is 4.88. The molecule has 20 heavy (non-hydrogen) atoms. The Balaban J connectivity index is 1.88. The molecule has 0 aliphatic heterocycles. The third kappa shape index (κ3) is 2.04. The number of ether oxygens (including phenoxy) is 1. The number of nitrogens with two attached hydrogens (primary N) is 1. The Morgan fingerprint density at radius 1 is 1.45 bits per heavy atom. The third-order valence-corrected chi connectivity index (χ3v) is 4.83. The number of hydrogen-bond acceptors (Lipinski definition) is 4.